The lowest BCUT2D eigenvalue weighted by atomic mass is 9.92. The smallest absolute Gasteiger partial charge is 0.0386 e. The van der Waals surface area contributed by atoms with Crippen molar-refractivity contribution < 1.29 is 0 Å². The van der Waals surface area contributed by atoms with Crippen molar-refractivity contribution in [2.45, 2.75) is 34.1 Å². The van der Waals surface area contributed by atoms with Gasteiger partial charge in [0.25, 0.3) is 0 Å². The molecule has 0 saturated carbocycles. The maximum atomic E-state index is 2.30. The zero-order valence-corrected chi connectivity index (χ0v) is 6.44. The van der Waals surface area contributed by atoms with E-state index >= 15 is 0 Å². The average Bonchev–Trinajstić information content (AvgIpc) is 1.84. The van der Waals surface area contributed by atoms with Crippen LogP contribution in [-0.2, 0) is 0 Å². The molecule has 49 valence electrons. The van der Waals surface area contributed by atoms with Crippen LogP contribution in [0, 0.1) is 18.3 Å². The summed E-state index contributed by atoms with van der Waals surface area (Å²) in [6, 6.07) is 0. The Hall–Kier alpha value is 0. The van der Waals surface area contributed by atoms with E-state index in [1.165, 1.54) is 6.42 Å². The maximum absolute atomic E-state index is 2.30. The van der Waals surface area contributed by atoms with Gasteiger partial charge in [0, 0.05) is 0 Å². The van der Waals surface area contributed by atoms with E-state index in [-0.39, 0.29) is 0 Å². The van der Waals surface area contributed by atoms with Crippen molar-refractivity contribution in [1.82, 2.24) is 0 Å². The van der Waals surface area contributed by atoms with Crippen LogP contribution in [-0.4, -0.2) is 0 Å². The summed E-state index contributed by atoms with van der Waals surface area (Å²) < 4.78 is 0. The molecule has 0 aliphatic carbocycles. The molecule has 0 N–H and O–H groups in total. The highest BCUT2D eigenvalue weighted by molar-refractivity contribution is 4.70. The maximum Gasteiger partial charge on any atom is -0.0386 e. The molecule has 0 heteroatoms. The van der Waals surface area contributed by atoms with Gasteiger partial charge in [-0.05, 0) is 18.3 Å². The highest BCUT2D eigenvalue weighted by Crippen LogP contribution is 2.15. The minimum atomic E-state index is 0.792. The summed E-state index contributed by atoms with van der Waals surface area (Å²) in [5.74, 6) is 1.65. The molecule has 0 aliphatic rings. The zero-order chi connectivity index (χ0) is 6.57. The van der Waals surface area contributed by atoms with E-state index in [9.17, 15) is 0 Å². The summed E-state index contributed by atoms with van der Waals surface area (Å²) in [6.45, 7) is 8.94. The molecule has 0 aromatic carbocycles. The molecule has 0 aromatic rings. The van der Waals surface area contributed by atoms with Crippen molar-refractivity contribution in [3.63, 3.8) is 0 Å². The number of hydrogen-bond donors (Lipinski definition) is 0. The lowest BCUT2D eigenvalue weighted by molar-refractivity contribution is 0.423. The molecule has 2 unspecified atom stereocenters. The Morgan fingerprint density at radius 2 is 1.88 bits per heavy atom. The van der Waals surface area contributed by atoms with Crippen molar-refractivity contribution in [2.24, 2.45) is 11.8 Å². The van der Waals surface area contributed by atoms with Crippen LogP contribution < -0.4 is 0 Å². The van der Waals surface area contributed by atoms with Gasteiger partial charge in [-0.15, -0.1) is 0 Å². The molecule has 0 fully saturated rings. The minimum absolute atomic E-state index is 0.792. The van der Waals surface area contributed by atoms with E-state index in [1.54, 1.807) is 0 Å². The molecule has 8 heavy (non-hydrogen) atoms. The molecule has 0 amide bonds. The molecule has 0 spiro atoms. The van der Waals surface area contributed by atoms with Crippen LogP contribution >= 0.6 is 0 Å². The third kappa shape index (κ3) is 2.34. The Kier molecular flexibility index (Phi) is 3.94. The minimum Gasteiger partial charge on any atom is -0.0651 e. The second-order valence-electron chi connectivity index (χ2n) is 2.58. The third-order valence-electron chi connectivity index (χ3n) is 2.07. The van der Waals surface area contributed by atoms with Gasteiger partial charge >= 0.3 is 0 Å². The fourth-order valence-corrected chi connectivity index (χ4v) is 0.700. The fourth-order valence-electron chi connectivity index (χ4n) is 0.700. The van der Waals surface area contributed by atoms with Crippen molar-refractivity contribution in [1.29, 1.82) is 0 Å². The molecular weight excluding hydrogens is 96.1 g/mol. The summed E-state index contributed by atoms with van der Waals surface area (Å²) in [5, 5.41) is 0. The van der Waals surface area contributed by atoms with E-state index in [2.05, 4.69) is 34.1 Å². The largest absolute Gasteiger partial charge is 0.0651 e. The van der Waals surface area contributed by atoms with Crippen LogP contribution in [0.25, 0.3) is 0 Å². The van der Waals surface area contributed by atoms with Gasteiger partial charge in [0.15, 0.2) is 0 Å². The second kappa shape index (κ2) is 3.94. The second-order valence-corrected chi connectivity index (χ2v) is 2.58. The summed E-state index contributed by atoms with van der Waals surface area (Å²) in [4.78, 5) is 0. The fraction of sp³-hybridized carbons (Fsp3) is 0.875. The first-order valence-corrected chi connectivity index (χ1v) is 3.51. The Morgan fingerprint density at radius 3 is 2.00 bits per heavy atom. The molecule has 1 radical (unpaired) electrons. The lowest BCUT2D eigenvalue weighted by Crippen LogP contribution is -2.04. The topological polar surface area (TPSA) is 0 Å². The molecule has 0 saturated heterocycles. The number of rotatable bonds is 3. The molecule has 2 atom stereocenters. The summed E-state index contributed by atoms with van der Waals surface area (Å²) in [6.07, 6.45) is 3.57. The summed E-state index contributed by atoms with van der Waals surface area (Å²) in [7, 11) is 0. The monoisotopic (exact) mass is 113 g/mol. The molecule has 0 bridgehead atoms. The van der Waals surface area contributed by atoms with E-state index in [4.69, 9.17) is 0 Å². The predicted molar refractivity (Wildman–Crippen MR) is 38.6 cm³/mol. The molecule has 0 rings (SSSR count). The van der Waals surface area contributed by atoms with Gasteiger partial charge in [0.2, 0.25) is 0 Å². The Morgan fingerprint density at radius 1 is 1.38 bits per heavy atom. The van der Waals surface area contributed by atoms with Crippen molar-refractivity contribution in [2.75, 3.05) is 0 Å². The SMILES string of the molecule is C[CH]C(C)C(C)CC. The van der Waals surface area contributed by atoms with Crippen molar-refractivity contribution in [3.8, 4) is 0 Å². The first-order valence-electron chi connectivity index (χ1n) is 3.51. The van der Waals surface area contributed by atoms with Gasteiger partial charge in [-0.1, -0.05) is 34.1 Å². The van der Waals surface area contributed by atoms with Crippen LogP contribution in [0.1, 0.15) is 34.1 Å². The van der Waals surface area contributed by atoms with Crippen LogP contribution in [0.2, 0.25) is 0 Å². The highest BCUT2D eigenvalue weighted by atomic mass is 14.1. The number of hydrogen-bond acceptors (Lipinski definition) is 0. The Balaban J connectivity index is 3.29. The van der Waals surface area contributed by atoms with Gasteiger partial charge < -0.3 is 0 Å². The predicted octanol–water partition coefficient (Wildman–Crippen LogP) is 2.89. The third-order valence-corrected chi connectivity index (χ3v) is 2.07. The van der Waals surface area contributed by atoms with E-state index in [0.717, 1.165) is 11.8 Å². The first kappa shape index (κ1) is 8.00. The molecule has 0 aromatic heterocycles. The lowest BCUT2D eigenvalue weighted by Gasteiger charge is -2.14. The average molecular weight is 113 g/mol. The van der Waals surface area contributed by atoms with Gasteiger partial charge in [-0.25, -0.2) is 0 Å². The zero-order valence-electron chi connectivity index (χ0n) is 6.44. The van der Waals surface area contributed by atoms with Gasteiger partial charge in [-0.2, -0.15) is 0 Å². The van der Waals surface area contributed by atoms with Crippen LogP contribution in [0.5, 0.6) is 0 Å². The van der Waals surface area contributed by atoms with Crippen molar-refractivity contribution in [3.05, 3.63) is 6.42 Å². The summed E-state index contributed by atoms with van der Waals surface area (Å²) in [5.41, 5.74) is 0. The molecule has 0 aliphatic heterocycles. The standard InChI is InChI=1S/C8H17/c1-5-7(3)8(4)6-2/h5,7-8H,6H2,1-4H3. The van der Waals surface area contributed by atoms with Crippen LogP contribution in [0.4, 0.5) is 0 Å². The first-order chi connectivity index (χ1) is 3.72. The van der Waals surface area contributed by atoms with Crippen LogP contribution in [0.15, 0.2) is 0 Å². The quantitative estimate of drug-likeness (QED) is 0.528. The molecule has 0 nitrogen and oxygen atoms in total. The molecular formula is C8H17. The van der Waals surface area contributed by atoms with Gasteiger partial charge in [0.1, 0.15) is 0 Å². The molecule has 0 heterocycles. The van der Waals surface area contributed by atoms with Crippen molar-refractivity contribution >= 4 is 0 Å². The van der Waals surface area contributed by atoms with E-state index in [0.29, 0.717) is 0 Å². The van der Waals surface area contributed by atoms with Gasteiger partial charge in [-0.3, -0.25) is 0 Å². The normalized spacial score (nSPS) is 18.0. The van der Waals surface area contributed by atoms with Crippen LogP contribution in [0.3, 0.4) is 0 Å². The van der Waals surface area contributed by atoms with E-state index < -0.39 is 0 Å². The highest BCUT2D eigenvalue weighted by Gasteiger charge is 2.05. The van der Waals surface area contributed by atoms with Gasteiger partial charge in [0.05, 0.1) is 0 Å². The summed E-state index contributed by atoms with van der Waals surface area (Å²) >= 11 is 0. The van der Waals surface area contributed by atoms with E-state index in [1.807, 2.05) is 0 Å². The Labute approximate surface area is 53.3 Å². The Bertz CT molecular complexity index is 40.0.